The largest absolute Gasteiger partial charge is 0.481 e. The number of piperidine rings is 1. The van der Waals surface area contributed by atoms with Gasteiger partial charge >= 0.3 is 18.2 Å². The van der Waals surface area contributed by atoms with Gasteiger partial charge in [0, 0.05) is 25.7 Å². The fraction of sp³-hybridized carbons (Fsp3) is 0.333. The van der Waals surface area contributed by atoms with Crippen LogP contribution in [0.15, 0.2) is 85.1 Å². The van der Waals surface area contributed by atoms with Gasteiger partial charge in [0.2, 0.25) is 0 Å². The fourth-order valence-corrected chi connectivity index (χ4v) is 5.72. The number of aryl methyl sites for hydroxylation is 1. The van der Waals surface area contributed by atoms with Gasteiger partial charge in [-0.2, -0.15) is 5.10 Å². The highest BCUT2D eigenvalue weighted by atomic mass is 16.6. The highest BCUT2D eigenvalue weighted by molar-refractivity contribution is 5.90. The van der Waals surface area contributed by atoms with Crippen molar-refractivity contribution in [2.75, 3.05) is 18.4 Å². The van der Waals surface area contributed by atoms with Crippen LogP contribution in [0.25, 0.3) is 22.3 Å². The first-order valence-corrected chi connectivity index (χ1v) is 15.3. The Labute approximate surface area is 268 Å². The van der Waals surface area contributed by atoms with Crippen LogP contribution in [0.1, 0.15) is 57.8 Å². The van der Waals surface area contributed by atoms with Crippen molar-refractivity contribution in [1.82, 2.24) is 14.7 Å². The molecule has 3 aromatic carbocycles. The highest BCUT2D eigenvalue weighted by Gasteiger charge is 2.44. The molecule has 10 heteroatoms. The van der Waals surface area contributed by atoms with Crippen LogP contribution >= 0.6 is 0 Å². The molecule has 2 N–H and O–H groups in total. The summed E-state index contributed by atoms with van der Waals surface area (Å²) in [7, 11) is 1.75. The van der Waals surface area contributed by atoms with Crippen LogP contribution in [0.3, 0.4) is 0 Å². The minimum absolute atomic E-state index is 0.301. The van der Waals surface area contributed by atoms with Gasteiger partial charge < -0.3 is 19.5 Å². The number of carbonyl (C=O) groups is 3. The number of hydrogen-bond donors (Lipinski definition) is 2. The maximum Gasteiger partial charge on any atom is 0.413 e. The van der Waals surface area contributed by atoms with E-state index in [0.29, 0.717) is 37.3 Å². The van der Waals surface area contributed by atoms with Crippen molar-refractivity contribution >= 4 is 24.0 Å². The molecule has 240 valence electrons. The Bertz CT molecular complexity index is 1680. The number of carbonyl (C=O) groups excluding carboxylic acids is 2. The number of anilines is 1. The molecule has 1 atom stereocenters. The van der Waals surface area contributed by atoms with Crippen LogP contribution in [0.5, 0.6) is 0 Å². The number of amides is 2. The molecule has 46 heavy (non-hydrogen) atoms. The number of nitrogens with one attached hydrogen (secondary N) is 1. The number of aromatic nitrogens is 2. The van der Waals surface area contributed by atoms with Gasteiger partial charge in [0.15, 0.2) is 0 Å². The Morgan fingerprint density at radius 3 is 2.02 bits per heavy atom. The summed E-state index contributed by atoms with van der Waals surface area (Å²) in [6.45, 7) is 7.87. The minimum Gasteiger partial charge on any atom is -0.481 e. The highest BCUT2D eigenvalue weighted by Crippen LogP contribution is 2.38. The van der Waals surface area contributed by atoms with Gasteiger partial charge in [-0.05, 0) is 68.4 Å². The second-order valence-corrected chi connectivity index (χ2v) is 12.6. The maximum atomic E-state index is 12.7. The average molecular weight is 625 g/mol. The number of benzene rings is 3. The van der Waals surface area contributed by atoms with E-state index >= 15 is 0 Å². The molecule has 0 spiro atoms. The van der Waals surface area contributed by atoms with E-state index in [2.05, 4.69) is 10.4 Å². The van der Waals surface area contributed by atoms with Gasteiger partial charge in [0.05, 0.1) is 11.6 Å². The smallest absolute Gasteiger partial charge is 0.413 e. The number of ether oxygens (including phenoxy) is 2. The Kier molecular flexibility index (Phi) is 9.18. The van der Waals surface area contributed by atoms with Crippen LogP contribution < -0.4 is 5.32 Å². The zero-order chi connectivity index (χ0) is 33.1. The van der Waals surface area contributed by atoms with Gasteiger partial charge in [-0.3, -0.25) is 14.8 Å². The van der Waals surface area contributed by atoms with E-state index in [1.807, 2.05) is 107 Å². The molecule has 0 radical (unpaired) electrons. The van der Waals surface area contributed by atoms with Gasteiger partial charge in [-0.1, -0.05) is 78.9 Å². The summed E-state index contributed by atoms with van der Waals surface area (Å²) in [6.07, 6.45) is 0.883. The predicted octanol–water partition coefficient (Wildman–Crippen LogP) is 7.42. The van der Waals surface area contributed by atoms with Gasteiger partial charge in [-0.15, -0.1) is 0 Å². The molecular formula is C36H40N4O6. The van der Waals surface area contributed by atoms with E-state index in [1.54, 1.807) is 22.8 Å². The molecule has 1 aromatic heterocycles. The number of carboxylic acids is 1. The number of hydrogen-bond acceptors (Lipinski definition) is 6. The van der Waals surface area contributed by atoms with Crippen molar-refractivity contribution in [2.24, 2.45) is 7.05 Å². The molecule has 1 aliphatic rings. The first-order chi connectivity index (χ1) is 21.9. The summed E-state index contributed by atoms with van der Waals surface area (Å²) >= 11 is 0. The Hall–Kier alpha value is -5.12. The van der Waals surface area contributed by atoms with Crippen molar-refractivity contribution in [1.29, 1.82) is 0 Å². The second kappa shape index (κ2) is 13.1. The molecule has 1 aliphatic heterocycles. The lowest BCUT2D eigenvalue weighted by molar-refractivity contribution is -0.146. The molecule has 5 rings (SSSR count). The van der Waals surface area contributed by atoms with Crippen LogP contribution in [0, 0.1) is 0 Å². The van der Waals surface area contributed by atoms with Gasteiger partial charge in [0.25, 0.3) is 0 Å². The zero-order valence-corrected chi connectivity index (χ0v) is 26.8. The summed E-state index contributed by atoms with van der Waals surface area (Å²) in [4.78, 5) is 39.4. The first-order valence-electron chi connectivity index (χ1n) is 15.3. The molecule has 2 heterocycles. The SMILES string of the molecule is CC(OC(=O)Nc1c(-c2ccc(-c3ccc(C4(C(=O)O)CCN(C(=O)OC(C)(C)C)CC4)cc3)cc2)cnn1C)c1ccccc1. The Morgan fingerprint density at radius 2 is 1.46 bits per heavy atom. The van der Waals surface area contributed by atoms with Crippen molar-refractivity contribution in [2.45, 2.75) is 57.7 Å². The van der Waals surface area contributed by atoms with E-state index in [4.69, 9.17) is 9.47 Å². The van der Waals surface area contributed by atoms with Crippen molar-refractivity contribution in [3.63, 3.8) is 0 Å². The number of nitrogens with zero attached hydrogens (tertiary/aromatic N) is 3. The van der Waals surface area contributed by atoms with E-state index in [9.17, 15) is 19.5 Å². The first kappa shape index (κ1) is 32.3. The van der Waals surface area contributed by atoms with E-state index < -0.39 is 35.3 Å². The van der Waals surface area contributed by atoms with Crippen molar-refractivity contribution in [3.8, 4) is 22.3 Å². The maximum absolute atomic E-state index is 12.7. The third-order valence-corrected chi connectivity index (χ3v) is 8.36. The normalized spacial score (nSPS) is 15.1. The summed E-state index contributed by atoms with van der Waals surface area (Å²) in [5.41, 5.74) is 3.41. The lowest BCUT2D eigenvalue weighted by atomic mass is 9.72. The molecule has 0 bridgehead atoms. The molecule has 10 nitrogen and oxygen atoms in total. The molecule has 1 saturated heterocycles. The lowest BCUT2D eigenvalue weighted by Crippen LogP contribution is -2.50. The molecule has 1 fully saturated rings. The second-order valence-electron chi connectivity index (χ2n) is 12.6. The Morgan fingerprint density at radius 1 is 0.891 bits per heavy atom. The van der Waals surface area contributed by atoms with E-state index in [-0.39, 0.29) is 0 Å². The third-order valence-electron chi connectivity index (χ3n) is 8.36. The molecule has 1 unspecified atom stereocenters. The summed E-state index contributed by atoms with van der Waals surface area (Å²) < 4.78 is 12.7. The quantitative estimate of drug-likeness (QED) is 0.219. The van der Waals surface area contributed by atoms with Crippen LogP contribution in [0.2, 0.25) is 0 Å². The van der Waals surface area contributed by atoms with Gasteiger partial charge in [0.1, 0.15) is 17.5 Å². The summed E-state index contributed by atoms with van der Waals surface area (Å²) in [6, 6.07) is 25.0. The average Bonchev–Trinajstić information content (AvgIpc) is 3.39. The van der Waals surface area contributed by atoms with Crippen molar-refractivity contribution < 1.29 is 29.0 Å². The van der Waals surface area contributed by atoms with Crippen molar-refractivity contribution in [3.05, 3.63) is 96.2 Å². The van der Waals surface area contributed by atoms with Crippen LogP contribution in [-0.2, 0) is 26.7 Å². The fourth-order valence-electron chi connectivity index (χ4n) is 5.72. The van der Waals surface area contributed by atoms with E-state index in [0.717, 1.165) is 27.8 Å². The lowest BCUT2D eigenvalue weighted by Gasteiger charge is -2.39. The standard InChI is InChI=1S/C36H40N4O6/c1-24(25-9-7-6-8-10-25)45-33(43)38-31-30(23-37-39(31)5)28-13-11-26(12-14-28)27-15-17-29(18-16-27)36(32(41)42)19-21-40(22-20-36)34(44)46-35(2,3)4/h6-18,23-24H,19-22H2,1-5H3,(H,38,43)(H,41,42). The van der Waals surface area contributed by atoms with Crippen LogP contribution in [0.4, 0.5) is 15.4 Å². The molecule has 0 saturated carbocycles. The number of likely N-dealkylation sites (tertiary alicyclic amines) is 1. The number of rotatable bonds is 7. The molecular weight excluding hydrogens is 584 g/mol. The van der Waals surface area contributed by atoms with Crippen LogP contribution in [-0.4, -0.2) is 56.6 Å². The summed E-state index contributed by atoms with van der Waals surface area (Å²) in [5.74, 6) is -0.383. The number of aliphatic carboxylic acids is 1. The minimum atomic E-state index is -1.08. The Balaban J connectivity index is 1.27. The third kappa shape index (κ3) is 7.06. The number of carboxylic acid groups (broad SMARTS) is 1. The monoisotopic (exact) mass is 624 g/mol. The molecule has 0 aliphatic carbocycles. The predicted molar refractivity (Wildman–Crippen MR) is 175 cm³/mol. The summed E-state index contributed by atoms with van der Waals surface area (Å²) in [5, 5.41) is 17.5. The van der Waals surface area contributed by atoms with Gasteiger partial charge in [-0.25, -0.2) is 9.59 Å². The zero-order valence-electron chi connectivity index (χ0n) is 26.8. The molecule has 4 aromatic rings. The van der Waals surface area contributed by atoms with E-state index in [1.165, 1.54) is 0 Å². The topological polar surface area (TPSA) is 123 Å². The molecule has 2 amide bonds.